The maximum absolute atomic E-state index is 11.7. The smallest absolute Gasteiger partial charge is 0.242 e. The molecule has 1 aliphatic rings. The van der Waals surface area contributed by atoms with Crippen LogP contribution in [0.25, 0.3) is 0 Å². The summed E-state index contributed by atoms with van der Waals surface area (Å²) in [6, 6.07) is -0.426. The van der Waals surface area contributed by atoms with Crippen LogP contribution in [-0.4, -0.2) is 38.0 Å². The van der Waals surface area contributed by atoms with E-state index >= 15 is 0 Å². The SMILES string of the molecule is CNC(=O)C(CC(C)C)NC(=O)CNCC1CC1. The van der Waals surface area contributed by atoms with E-state index in [1.807, 2.05) is 13.8 Å². The molecule has 0 aliphatic heterocycles. The normalized spacial score (nSPS) is 16.4. The van der Waals surface area contributed by atoms with E-state index in [9.17, 15) is 9.59 Å². The molecule has 1 unspecified atom stereocenters. The van der Waals surface area contributed by atoms with E-state index in [1.165, 1.54) is 12.8 Å². The maximum atomic E-state index is 11.7. The summed E-state index contributed by atoms with van der Waals surface area (Å²) in [4.78, 5) is 23.3. The molecular weight excluding hydrogens is 230 g/mol. The van der Waals surface area contributed by atoms with E-state index in [1.54, 1.807) is 7.05 Å². The fourth-order valence-corrected chi connectivity index (χ4v) is 1.83. The molecule has 104 valence electrons. The van der Waals surface area contributed by atoms with E-state index in [4.69, 9.17) is 0 Å². The van der Waals surface area contributed by atoms with Crippen LogP contribution in [0.5, 0.6) is 0 Å². The van der Waals surface area contributed by atoms with Crippen molar-refractivity contribution in [2.24, 2.45) is 11.8 Å². The molecular formula is C13H25N3O2. The average molecular weight is 255 g/mol. The van der Waals surface area contributed by atoms with Gasteiger partial charge in [-0.15, -0.1) is 0 Å². The topological polar surface area (TPSA) is 70.2 Å². The van der Waals surface area contributed by atoms with Gasteiger partial charge in [0.1, 0.15) is 6.04 Å². The van der Waals surface area contributed by atoms with Crippen molar-refractivity contribution in [3.8, 4) is 0 Å². The Bertz CT molecular complexity index is 288. The first-order chi connectivity index (χ1) is 8.52. The number of hydrogen-bond donors (Lipinski definition) is 3. The predicted molar refractivity (Wildman–Crippen MR) is 71.0 cm³/mol. The third-order valence-corrected chi connectivity index (χ3v) is 3.02. The number of rotatable bonds is 8. The predicted octanol–water partition coefficient (Wildman–Crippen LogP) is 0.263. The van der Waals surface area contributed by atoms with Crippen LogP contribution < -0.4 is 16.0 Å². The molecule has 5 heteroatoms. The monoisotopic (exact) mass is 255 g/mol. The van der Waals surface area contributed by atoms with E-state index in [2.05, 4.69) is 16.0 Å². The van der Waals surface area contributed by atoms with Gasteiger partial charge in [0.15, 0.2) is 0 Å². The average Bonchev–Trinajstić information content (AvgIpc) is 3.10. The Morgan fingerprint density at radius 2 is 1.94 bits per heavy atom. The van der Waals surface area contributed by atoms with Crippen LogP contribution in [0.4, 0.5) is 0 Å². The zero-order valence-electron chi connectivity index (χ0n) is 11.6. The van der Waals surface area contributed by atoms with Gasteiger partial charge in [-0.1, -0.05) is 13.8 Å². The minimum atomic E-state index is -0.426. The Morgan fingerprint density at radius 1 is 1.28 bits per heavy atom. The molecule has 0 saturated heterocycles. The van der Waals surface area contributed by atoms with Crippen molar-refractivity contribution >= 4 is 11.8 Å². The summed E-state index contributed by atoms with van der Waals surface area (Å²) in [5.41, 5.74) is 0. The first-order valence-electron chi connectivity index (χ1n) is 6.74. The van der Waals surface area contributed by atoms with Crippen molar-refractivity contribution in [3.05, 3.63) is 0 Å². The molecule has 18 heavy (non-hydrogen) atoms. The van der Waals surface area contributed by atoms with Gasteiger partial charge >= 0.3 is 0 Å². The number of hydrogen-bond acceptors (Lipinski definition) is 3. The molecule has 1 saturated carbocycles. The molecule has 0 spiro atoms. The molecule has 0 aromatic rings. The van der Waals surface area contributed by atoms with Gasteiger partial charge in [0.05, 0.1) is 6.54 Å². The highest BCUT2D eigenvalue weighted by Crippen LogP contribution is 2.27. The molecule has 5 nitrogen and oxygen atoms in total. The zero-order chi connectivity index (χ0) is 13.5. The Balaban J connectivity index is 2.28. The lowest BCUT2D eigenvalue weighted by atomic mass is 10.0. The van der Waals surface area contributed by atoms with Gasteiger partial charge in [0, 0.05) is 7.05 Å². The van der Waals surface area contributed by atoms with Gasteiger partial charge < -0.3 is 16.0 Å². The number of carbonyl (C=O) groups excluding carboxylic acids is 2. The molecule has 3 N–H and O–H groups in total. The number of amides is 2. The minimum Gasteiger partial charge on any atom is -0.357 e. The first-order valence-corrected chi connectivity index (χ1v) is 6.74. The van der Waals surface area contributed by atoms with E-state index < -0.39 is 6.04 Å². The molecule has 1 atom stereocenters. The molecule has 0 aromatic heterocycles. The fraction of sp³-hybridized carbons (Fsp3) is 0.846. The van der Waals surface area contributed by atoms with Crippen LogP contribution in [0.1, 0.15) is 33.1 Å². The second-order valence-electron chi connectivity index (χ2n) is 5.44. The van der Waals surface area contributed by atoms with Gasteiger partial charge in [0.25, 0.3) is 0 Å². The second-order valence-corrected chi connectivity index (χ2v) is 5.44. The molecule has 0 radical (unpaired) electrons. The van der Waals surface area contributed by atoms with Gasteiger partial charge in [-0.25, -0.2) is 0 Å². The summed E-state index contributed by atoms with van der Waals surface area (Å²) in [5.74, 6) is 0.888. The number of carbonyl (C=O) groups is 2. The van der Waals surface area contributed by atoms with Crippen molar-refractivity contribution < 1.29 is 9.59 Å². The van der Waals surface area contributed by atoms with Gasteiger partial charge in [-0.3, -0.25) is 9.59 Å². The summed E-state index contributed by atoms with van der Waals surface area (Å²) >= 11 is 0. The standard InChI is InChI=1S/C13H25N3O2/c1-9(2)6-11(13(18)14-3)16-12(17)8-15-7-10-4-5-10/h9-11,15H,4-8H2,1-3H3,(H,14,18)(H,16,17). The van der Waals surface area contributed by atoms with Crippen molar-refractivity contribution in [1.82, 2.24) is 16.0 Å². The van der Waals surface area contributed by atoms with Crippen molar-refractivity contribution in [2.45, 2.75) is 39.2 Å². The van der Waals surface area contributed by atoms with Crippen molar-refractivity contribution in [1.29, 1.82) is 0 Å². The summed E-state index contributed by atoms with van der Waals surface area (Å²) in [6.45, 7) is 5.27. The quantitative estimate of drug-likeness (QED) is 0.583. The molecule has 1 fully saturated rings. The molecule has 1 rings (SSSR count). The molecule has 1 aliphatic carbocycles. The highest BCUT2D eigenvalue weighted by atomic mass is 16.2. The van der Waals surface area contributed by atoms with Crippen LogP contribution in [-0.2, 0) is 9.59 Å². The summed E-state index contributed by atoms with van der Waals surface area (Å²) in [5, 5.41) is 8.48. The van der Waals surface area contributed by atoms with Gasteiger partial charge in [-0.2, -0.15) is 0 Å². The van der Waals surface area contributed by atoms with E-state index in [0.29, 0.717) is 18.9 Å². The van der Waals surface area contributed by atoms with Crippen LogP contribution in [0.15, 0.2) is 0 Å². The Morgan fingerprint density at radius 3 is 2.44 bits per heavy atom. The van der Waals surface area contributed by atoms with Gasteiger partial charge in [0.2, 0.25) is 11.8 Å². The number of likely N-dealkylation sites (N-methyl/N-ethyl adjacent to an activating group) is 1. The zero-order valence-corrected chi connectivity index (χ0v) is 11.6. The maximum Gasteiger partial charge on any atom is 0.242 e. The second kappa shape index (κ2) is 7.36. The highest BCUT2D eigenvalue weighted by molar-refractivity contribution is 5.88. The molecule has 0 heterocycles. The summed E-state index contributed by atoms with van der Waals surface area (Å²) < 4.78 is 0. The third-order valence-electron chi connectivity index (χ3n) is 3.02. The highest BCUT2D eigenvalue weighted by Gasteiger charge is 2.22. The third kappa shape index (κ3) is 6.00. The Labute approximate surface area is 109 Å². The summed E-state index contributed by atoms with van der Waals surface area (Å²) in [6.07, 6.45) is 3.19. The lowest BCUT2D eigenvalue weighted by Gasteiger charge is -2.19. The van der Waals surface area contributed by atoms with E-state index in [-0.39, 0.29) is 11.8 Å². The number of nitrogens with one attached hydrogen (secondary N) is 3. The summed E-state index contributed by atoms with van der Waals surface area (Å²) in [7, 11) is 1.59. The van der Waals surface area contributed by atoms with Gasteiger partial charge in [-0.05, 0) is 37.6 Å². The largest absolute Gasteiger partial charge is 0.357 e. The van der Waals surface area contributed by atoms with E-state index in [0.717, 1.165) is 12.5 Å². The van der Waals surface area contributed by atoms with Crippen LogP contribution in [0, 0.1) is 11.8 Å². The first kappa shape index (κ1) is 15.0. The van der Waals surface area contributed by atoms with Crippen molar-refractivity contribution in [2.75, 3.05) is 20.1 Å². The Kier molecular flexibility index (Phi) is 6.12. The van der Waals surface area contributed by atoms with Crippen LogP contribution in [0.3, 0.4) is 0 Å². The lowest BCUT2D eigenvalue weighted by Crippen LogP contribution is -2.48. The minimum absolute atomic E-state index is 0.107. The lowest BCUT2D eigenvalue weighted by molar-refractivity contribution is -0.128. The Hall–Kier alpha value is -1.10. The molecule has 2 amide bonds. The van der Waals surface area contributed by atoms with Crippen LogP contribution >= 0.6 is 0 Å². The molecule has 0 aromatic carbocycles. The fourth-order valence-electron chi connectivity index (χ4n) is 1.83. The van der Waals surface area contributed by atoms with Crippen molar-refractivity contribution in [3.63, 3.8) is 0 Å². The molecule has 0 bridgehead atoms. The van der Waals surface area contributed by atoms with Crippen LogP contribution in [0.2, 0.25) is 0 Å².